The molecule has 0 aliphatic heterocycles. The fourth-order valence-corrected chi connectivity index (χ4v) is 4.03. The van der Waals surface area contributed by atoms with Gasteiger partial charge in [-0.2, -0.15) is 0 Å². The average molecular weight is 466 g/mol. The van der Waals surface area contributed by atoms with Crippen LogP contribution in [0.3, 0.4) is 0 Å². The van der Waals surface area contributed by atoms with E-state index in [0.29, 0.717) is 34.8 Å². The maximum Gasteiger partial charge on any atom is 0.338 e. The normalized spacial score (nSPS) is 11.0. The van der Waals surface area contributed by atoms with Gasteiger partial charge in [0, 0.05) is 17.3 Å². The highest BCUT2D eigenvalue weighted by Crippen LogP contribution is 2.22. The second kappa shape index (κ2) is 9.26. The Morgan fingerprint density at radius 2 is 1.60 bits per heavy atom. The third kappa shape index (κ3) is 4.29. The van der Waals surface area contributed by atoms with Crippen molar-refractivity contribution in [2.45, 2.75) is 13.5 Å². The SMILES string of the molecule is CCOC(=O)c1ccc(NC(=O)Cn2c3ccccc3n3c(=O)cc(-c4ccccc4)nc23)cc1. The number of aromatic nitrogens is 3. The zero-order valence-corrected chi connectivity index (χ0v) is 19.0. The van der Waals surface area contributed by atoms with E-state index in [-0.39, 0.29) is 18.0 Å². The number of rotatable bonds is 6. The van der Waals surface area contributed by atoms with E-state index >= 15 is 0 Å². The summed E-state index contributed by atoms with van der Waals surface area (Å²) in [4.78, 5) is 42.7. The van der Waals surface area contributed by atoms with Crippen molar-refractivity contribution in [1.29, 1.82) is 0 Å². The first-order chi connectivity index (χ1) is 17.0. The van der Waals surface area contributed by atoms with Gasteiger partial charge in [-0.3, -0.25) is 9.59 Å². The van der Waals surface area contributed by atoms with Gasteiger partial charge in [0.2, 0.25) is 11.7 Å². The molecule has 0 bridgehead atoms. The van der Waals surface area contributed by atoms with Gasteiger partial charge in [0.15, 0.2) is 0 Å². The van der Waals surface area contributed by atoms with Crippen LogP contribution in [0, 0.1) is 0 Å². The predicted octanol–water partition coefficient (Wildman–Crippen LogP) is 4.13. The number of para-hydroxylation sites is 2. The molecule has 2 aromatic heterocycles. The summed E-state index contributed by atoms with van der Waals surface area (Å²) < 4.78 is 8.23. The van der Waals surface area contributed by atoms with Crippen molar-refractivity contribution >= 4 is 34.4 Å². The monoisotopic (exact) mass is 466 g/mol. The molecule has 1 amide bonds. The molecule has 0 saturated carbocycles. The van der Waals surface area contributed by atoms with Gasteiger partial charge < -0.3 is 14.6 Å². The van der Waals surface area contributed by atoms with Crippen LogP contribution in [0.4, 0.5) is 5.69 Å². The van der Waals surface area contributed by atoms with Gasteiger partial charge in [0.25, 0.3) is 5.56 Å². The number of imidazole rings is 1. The Balaban J connectivity index is 1.50. The van der Waals surface area contributed by atoms with E-state index in [2.05, 4.69) is 5.32 Å². The first-order valence-corrected chi connectivity index (χ1v) is 11.2. The number of hydrogen-bond donors (Lipinski definition) is 1. The van der Waals surface area contributed by atoms with Crippen LogP contribution in [0.15, 0.2) is 89.7 Å². The molecule has 5 aromatic rings. The molecule has 2 heterocycles. The number of nitrogens with zero attached hydrogens (tertiary/aromatic N) is 3. The average Bonchev–Trinajstić information content (AvgIpc) is 3.19. The van der Waals surface area contributed by atoms with Crippen molar-refractivity contribution in [1.82, 2.24) is 14.0 Å². The van der Waals surface area contributed by atoms with E-state index < -0.39 is 5.97 Å². The fourth-order valence-electron chi connectivity index (χ4n) is 4.03. The molecule has 1 N–H and O–H groups in total. The molecular formula is C27H22N4O4. The van der Waals surface area contributed by atoms with Crippen LogP contribution < -0.4 is 10.9 Å². The molecule has 0 radical (unpaired) electrons. The Hall–Kier alpha value is -4.72. The van der Waals surface area contributed by atoms with Crippen LogP contribution in [0.25, 0.3) is 28.1 Å². The minimum atomic E-state index is -0.415. The molecular weight excluding hydrogens is 444 g/mol. The van der Waals surface area contributed by atoms with Gasteiger partial charge in [-0.05, 0) is 43.3 Å². The lowest BCUT2D eigenvalue weighted by Crippen LogP contribution is -2.20. The van der Waals surface area contributed by atoms with Crippen LogP contribution in [0.5, 0.6) is 0 Å². The number of nitrogens with one attached hydrogen (secondary N) is 1. The third-order valence-electron chi connectivity index (χ3n) is 5.61. The number of carbonyl (C=O) groups excluding carboxylic acids is 2. The van der Waals surface area contributed by atoms with Crippen molar-refractivity contribution < 1.29 is 14.3 Å². The molecule has 0 spiro atoms. The second-order valence-corrected chi connectivity index (χ2v) is 7.90. The minimum Gasteiger partial charge on any atom is -0.462 e. The maximum absolute atomic E-state index is 13.1. The van der Waals surface area contributed by atoms with E-state index in [0.717, 1.165) is 11.1 Å². The second-order valence-electron chi connectivity index (χ2n) is 7.90. The number of anilines is 1. The van der Waals surface area contributed by atoms with Crippen molar-refractivity contribution in [2.75, 3.05) is 11.9 Å². The highest BCUT2D eigenvalue weighted by Gasteiger charge is 2.17. The molecule has 0 saturated heterocycles. The van der Waals surface area contributed by atoms with Gasteiger partial charge in [-0.1, -0.05) is 42.5 Å². The topological polar surface area (TPSA) is 94.7 Å². The zero-order valence-electron chi connectivity index (χ0n) is 19.0. The summed E-state index contributed by atoms with van der Waals surface area (Å²) in [7, 11) is 0. The Bertz CT molecular complexity index is 1600. The number of ether oxygens (including phenoxy) is 1. The van der Waals surface area contributed by atoms with Crippen molar-refractivity contribution in [3.8, 4) is 11.3 Å². The summed E-state index contributed by atoms with van der Waals surface area (Å²) in [6.45, 7) is 1.98. The Morgan fingerprint density at radius 1 is 0.914 bits per heavy atom. The zero-order chi connectivity index (χ0) is 24.4. The lowest BCUT2D eigenvalue weighted by Gasteiger charge is -2.09. The molecule has 174 valence electrons. The molecule has 8 heteroatoms. The van der Waals surface area contributed by atoms with Crippen LogP contribution in [-0.2, 0) is 16.1 Å². The number of fused-ring (bicyclic) bond motifs is 3. The first kappa shape index (κ1) is 22.1. The smallest absolute Gasteiger partial charge is 0.338 e. The van der Waals surface area contributed by atoms with Gasteiger partial charge in [-0.25, -0.2) is 14.2 Å². The van der Waals surface area contributed by atoms with E-state index in [4.69, 9.17) is 9.72 Å². The summed E-state index contributed by atoms with van der Waals surface area (Å²) >= 11 is 0. The van der Waals surface area contributed by atoms with E-state index in [9.17, 15) is 14.4 Å². The van der Waals surface area contributed by atoms with Gasteiger partial charge in [0.1, 0.15) is 6.54 Å². The molecule has 5 rings (SSSR count). The van der Waals surface area contributed by atoms with Crippen molar-refractivity contribution in [2.24, 2.45) is 0 Å². The number of carbonyl (C=O) groups is 2. The molecule has 8 nitrogen and oxygen atoms in total. The molecule has 0 unspecified atom stereocenters. The van der Waals surface area contributed by atoms with Crippen LogP contribution in [0.2, 0.25) is 0 Å². The first-order valence-electron chi connectivity index (χ1n) is 11.2. The maximum atomic E-state index is 13.1. The Morgan fingerprint density at radius 3 is 2.31 bits per heavy atom. The van der Waals surface area contributed by atoms with E-state index in [1.807, 2.05) is 54.6 Å². The molecule has 35 heavy (non-hydrogen) atoms. The molecule has 0 atom stereocenters. The fraction of sp³-hybridized carbons (Fsp3) is 0.111. The van der Waals surface area contributed by atoms with Crippen LogP contribution in [0.1, 0.15) is 17.3 Å². The number of amides is 1. The highest BCUT2D eigenvalue weighted by atomic mass is 16.5. The summed E-state index contributed by atoms with van der Waals surface area (Å²) in [5.41, 5.74) is 3.47. The largest absolute Gasteiger partial charge is 0.462 e. The van der Waals surface area contributed by atoms with E-state index in [1.165, 1.54) is 10.5 Å². The van der Waals surface area contributed by atoms with E-state index in [1.54, 1.807) is 35.8 Å². The summed E-state index contributed by atoms with van der Waals surface area (Å²) in [5.74, 6) is -0.330. The van der Waals surface area contributed by atoms with Crippen LogP contribution in [-0.4, -0.2) is 32.4 Å². The van der Waals surface area contributed by atoms with Gasteiger partial charge in [-0.15, -0.1) is 0 Å². The molecule has 0 fully saturated rings. The lowest BCUT2D eigenvalue weighted by atomic mass is 10.1. The minimum absolute atomic E-state index is 0.0542. The lowest BCUT2D eigenvalue weighted by molar-refractivity contribution is -0.116. The highest BCUT2D eigenvalue weighted by molar-refractivity contribution is 5.94. The number of benzene rings is 3. The molecule has 3 aromatic carbocycles. The Kier molecular flexibility index (Phi) is 5.85. The third-order valence-corrected chi connectivity index (χ3v) is 5.61. The Labute approximate surface area is 200 Å². The van der Waals surface area contributed by atoms with Gasteiger partial charge >= 0.3 is 5.97 Å². The number of esters is 1. The van der Waals surface area contributed by atoms with Crippen molar-refractivity contribution in [3.63, 3.8) is 0 Å². The van der Waals surface area contributed by atoms with Crippen molar-refractivity contribution in [3.05, 3.63) is 101 Å². The summed E-state index contributed by atoms with van der Waals surface area (Å²) in [6, 6.07) is 24.8. The molecule has 0 aliphatic carbocycles. The molecule has 0 aliphatic rings. The predicted molar refractivity (Wildman–Crippen MR) is 133 cm³/mol. The number of hydrogen-bond acceptors (Lipinski definition) is 5. The van der Waals surface area contributed by atoms with Gasteiger partial charge in [0.05, 0.1) is 28.9 Å². The standard InChI is InChI=1S/C27H22N4O4/c1-2-35-26(34)19-12-14-20(15-13-19)28-24(32)17-30-22-10-6-7-11-23(22)31-25(33)16-21(29-27(30)31)18-8-4-3-5-9-18/h3-16H,2,17H2,1H3,(H,28,32). The quantitative estimate of drug-likeness (QED) is 0.380. The summed E-state index contributed by atoms with van der Waals surface area (Å²) in [6.07, 6.45) is 0. The summed E-state index contributed by atoms with van der Waals surface area (Å²) in [5, 5.41) is 2.84. The van der Waals surface area contributed by atoms with Crippen LogP contribution >= 0.6 is 0 Å².